The molecule has 2 heterocycles. The first-order valence-corrected chi connectivity index (χ1v) is 11.0. The first kappa shape index (κ1) is 20.3. The second-order valence-electron chi connectivity index (χ2n) is 8.79. The van der Waals surface area contributed by atoms with Gasteiger partial charge >= 0.3 is 0 Å². The van der Waals surface area contributed by atoms with Gasteiger partial charge in [0.05, 0.1) is 11.3 Å². The van der Waals surface area contributed by atoms with Crippen molar-refractivity contribution in [1.82, 2.24) is 0 Å². The Morgan fingerprint density at radius 1 is 0.719 bits per heavy atom. The molecule has 0 radical (unpaired) electrons. The summed E-state index contributed by atoms with van der Waals surface area (Å²) in [5.74, 6) is -0.514. The number of fused-ring (bicyclic) bond motifs is 1. The van der Waals surface area contributed by atoms with Gasteiger partial charge < -0.3 is 4.90 Å². The predicted molar refractivity (Wildman–Crippen MR) is 129 cm³/mol. The standard InChI is InChI=1S/C28H26N2O2/c1-17-9-10-19(3)24(15-17)30-27(31)25(22-12-11-18(2)20(4)16-22)26(28(30)32)29-14-13-21-7-5-6-8-23(21)29/h5-12,15-16H,13-14H2,1-4H3. The second-order valence-corrected chi connectivity index (χ2v) is 8.79. The lowest BCUT2D eigenvalue weighted by molar-refractivity contribution is -0.120. The molecule has 0 saturated heterocycles. The number of carbonyl (C=O) groups is 2. The summed E-state index contributed by atoms with van der Waals surface area (Å²) in [5.41, 5.74) is 8.78. The van der Waals surface area contributed by atoms with E-state index in [-0.39, 0.29) is 11.8 Å². The van der Waals surface area contributed by atoms with Gasteiger partial charge in [0.2, 0.25) is 0 Å². The van der Waals surface area contributed by atoms with Crippen LogP contribution in [0.2, 0.25) is 0 Å². The number of nitrogens with zero attached hydrogens (tertiary/aromatic N) is 2. The van der Waals surface area contributed by atoms with Crippen molar-refractivity contribution in [2.45, 2.75) is 34.1 Å². The number of anilines is 2. The Kier molecular flexibility index (Phi) is 4.74. The van der Waals surface area contributed by atoms with Crippen molar-refractivity contribution in [3.05, 3.63) is 99.7 Å². The first-order chi connectivity index (χ1) is 15.4. The van der Waals surface area contributed by atoms with Crippen LogP contribution in [0.1, 0.15) is 33.4 Å². The maximum absolute atomic E-state index is 13.9. The number of para-hydroxylation sites is 1. The molecular formula is C28H26N2O2. The summed E-state index contributed by atoms with van der Waals surface area (Å²) in [6.07, 6.45) is 0.852. The molecule has 0 aliphatic carbocycles. The van der Waals surface area contributed by atoms with Gasteiger partial charge in [-0.25, -0.2) is 4.90 Å². The van der Waals surface area contributed by atoms with Crippen molar-refractivity contribution >= 4 is 28.8 Å². The topological polar surface area (TPSA) is 40.6 Å². The van der Waals surface area contributed by atoms with E-state index in [1.807, 2.05) is 80.3 Å². The summed E-state index contributed by atoms with van der Waals surface area (Å²) in [4.78, 5) is 31.2. The molecule has 0 fully saturated rings. The number of imide groups is 1. The normalized spacial score (nSPS) is 15.8. The van der Waals surface area contributed by atoms with Gasteiger partial charge in [-0.3, -0.25) is 9.59 Å². The molecule has 4 heteroatoms. The highest BCUT2D eigenvalue weighted by Crippen LogP contribution is 2.41. The van der Waals surface area contributed by atoms with E-state index in [4.69, 9.17) is 0 Å². The zero-order chi connectivity index (χ0) is 22.6. The number of aryl methyl sites for hydroxylation is 4. The molecule has 3 aromatic carbocycles. The van der Waals surface area contributed by atoms with Gasteiger partial charge in [0.1, 0.15) is 5.70 Å². The predicted octanol–water partition coefficient (Wildman–Crippen LogP) is 5.27. The molecule has 160 valence electrons. The fourth-order valence-electron chi connectivity index (χ4n) is 4.68. The lowest BCUT2D eigenvalue weighted by Gasteiger charge is -2.22. The van der Waals surface area contributed by atoms with E-state index in [1.54, 1.807) is 0 Å². The Bertz CT molecular complexity index is 1320. The zero-order valence-electron chi connectivity index (χ0n) is 18.9. The molecule has 0 spiro atoms. The van der Waals surface area contributed by atoms with Crippen LogP contribution in [0.15, 0.2) is 66.4 Å². The number of hydrogen-bond donors (Lipinski definition) is 0. The van der Waals surface area contributed by atoms with Crippen molar-refractivity contribution in [3.63, 3.8) is 0 Å². The summed E-state index contributed by atoms with van der Waals surface area (Å²) in [6, 6.07) is 20.0. The minimum Gasteiger partial charge on any atom is -0.336 e. The Morgan fingerprint density at radius 2 is 1.47 bits per heavy atom. The van der Waals surface area contributed by atoms with Crippen LogP contribution in [-0.2, 0) is 16.0 Å². The molecule has 0 aromatic heterocycles. The smallest absolute Gasteiger partial charge is 0.282 e. The fraction of sp³-hybridized carbons (Fsp3) is 0.214. The molecule has 2 amide bonds. The van der Waals surface area contributed by atoms with Crippen molar-refractivity contribution in [1.29, 1.82) is 0 Å². The Morgan fingerprint density at radius 3 is 2.25 bits per heavy atom. The van der Waals surface area contributed by atoms with E-state index >= 15 is 0 Å². The fourth-order valence-corrected chi connectivity index (χ4v) is 4.68. The van der Waals surface area contributed by atoms with Gasteiger partial charge in [-0.15, -0.1) is 0 Å². The Hall–Kier alpha value is -3.66. The van der Waals surface area contributed by atoms with Crippen LogP contribution in [0, 0.1) is 27.7 Å². The monoisotopic (exact) mass is 422 g/mol. The molecule has 5 rings (SSSR count). The van der Waals surface area contributed by atoms with E-state index in [0.29, 0.717) is 23.5 Å². The summed E-state index contributed by atoms with van der Waals surface area (Å²) in [7, 11) is 0. The second kappa shape index (κ2) is 7.49. The van der Waals surface area contributed by atoms with E-state index < -0.39 is 0 Å². The lowest BCUT2D eigenvalue weighted by atomic mass is 9.99. The van der Waals surface area contributed by atoms with E-state index in [0.717, 1.165) is 39.9 Å². The summed E-state index contributed by atoms with van der Waals surface area (Å²) in [6.45, 7) is 8.68. The average Bonchev–Trinajstić information content (AvgIpc) is 3.30. The van der Waals surface area contributed by atoms with Crippen LogP contribution in [-0.4, -0.2) is 18.4 Å². The summed E-state index contributed by atoms with van der Waals surface area (Å²) >= 11 is 0. The van der Waals surface area contributed by atoms with Crippen LogP contribution >= 0.6 is 0 Å². The molecule has 0 bridgehead atoms. The van der Waals surface area contributed by atoms with Gasteiger partial charge in [-0.2, -0.15) is 0 Å². The number of benzene rings is 3. The van der Waals surface area contributed by atoms with E-state index in [1.165, 1.54) is 10.5 Å². The molecule has 4 nitrogen and oxygen atoms in total. The Labute approximate surface area is 188 Å². The van der Waals surface area contributed by atoms with Crippen molar-refractivity contribution in [2.24, 2.45) is 0 Å². The van der Waals surface area contributed by atoms with Crippen LogP contribution < -0.4 is 9.80 Å². The first-order valence-electron chi connectivity index (χ1n) is 11.0. The summed E-state index contributed by atoms with van der Waals surface area (Å²) in [5, 5.41) is 0. The lowest BCUT2D eigenvalue weighted by Crippen LogP contribution is -2.35. The molecule has 0 saturated carbocycles. The Balaban J connectivity index is 1.72. The maximum Gasteiger partial charge on any atom is 0.282 e. The largest absolute Gasteiger partial charge is 0.336 e. The average molecular weight is 423 g/mol. The van der Waals surface area contributed by atoms with E-state index in [2.05, 4.69) is 13.0 Å². The van der Waals surface area contributed by atoms with Gasteiger partial charge in [0, 0.05) is 12.2 Å². The zero-order valence-corrected chi connectivity index (χ0v) is 18.9. The van der Waals surface area contributed by atoms with Gasteiger partial charge in [0.15, 0.2) is 0 Å². The van der Waals surface area contributed by atoms with Crippen LogP contribution in [0.3, 0.4) is 0 Å². The molecule has 0 atom stereocenters. The highest BCUT2D eigenvalue weighted by molar-refractivity contribution is 6.46. The number of hydrogen-bond acceptors (Lipinski definition) is 3. The number of amides is 2. The number of rotatable bonds is 3. The van der Waals surface area contributed by atoms with Gasteiger partial charge in [-0.1, -0.05) is 48.5 Å². The third-order valence-corrected chi connectivity index (χ3v) is 6.62. The van der Waals surface area contributed by atoms with Crippen molar-refractivity contribution in [2.75, 3.05) is 16.3 Å². The highest BCUT2D eigenvalue weighted by Gasteiger charge is 2.44. The minimum absolute atomic E-state index is 0.256. The van der Waals surface area contributed by atoms with Gasteiger partial charge in [0.25, 0.3) is 11.8 Å². The third kappa shape index (κ3) is 3.06. The van der Waals surface area contributed by atoms with Crippen LogP contribution in [0.25, 0.3) is 5.57 Å². The quantitative estimate of drug-likeness (QED) is 0.540. The molecular weight excluding hydrogens is 396 g/mol. The molecule has 0 unspecified atom stereocenters. The maximum atomic E-state index is 13.9. The van der Waals surface area contributed by atoms with E-state index in [9.17, 15) is 9.59 Å². The minimum atomic E-state index is -0.258. The van der Waals surface area contributed by atoms with Crippen LogP contribution in [0.5, 0.6) is 0 Å². The third-order valence-electron chi connectivity index (χ3n) is 6.62. The number of carbonyl (C=O) groups excluding carboxylic acids is 2. The molecule has 2 aliphatic heterocycles. The van der Waals surface area contributed by atoms with Crippen LogP contribution in [0.4, 0.5) is 11.4 Å². The molecule has 3 aromatic rings. The van der Waals surface area contributed by atoms with Crippen molar-refractivity contribution < 1.29 is 9.59 Å². The highest BCUT2D eigenvalue weighted by atomic mass is 16.2. The molecule has 32 heavy (non-hydrogen) atoms. The van der Waals surface area contributed by atoms with Gasteiger partial charge in [-0.05, 0) is 79.6 Å². The summed E-state index contributed by atoms with van der Waals surface area (Å²) < 4.78 is 0. The molecule has 0 N–H and O–H groups in total. The van der Waals surface area contributed by atoms with Crippen molar-refractivity contribution in [3.8, 4) is 0 Å². The SMILES string of the molecule is Cc1ccc(C)c(N2C(=O)C(c3ccc(C)c(C)c3)=C(N3CCc4ccccc43)C2=O)c1. The molecule has 2 aliphatic rings.